The molecule has 0 fully saturated rings. The van der Waals surface area contributed by atoms with E-state index in [0.29, 0.717) is 16.4 Å². The number of rotatable bonds is 3. The van der Waals surface area contributed by atoms with Crippen molar-refractivity contribution in [3.8, 4) is 11.4 Å². The molecular formula is C11H10BrClN4O2. The first-order valence-electron chi connectivity index (χ1n) is 5.31. The van der Waals surface area contributed by atoms with Gasteiger partial charge in [-0.15, -0.1) is 5.10 Å². The van der Waals surface area contributed by atoms with E-state index in [0.717, 1.165) is 4.47 Å². The van der Waals surface area contributed by atoms with Gasteiger partial charge in [-0.25, -0.2) is 9.48 Å². The number of carboxylic acid groups (broad SMARTS) is 1. The third kappa shape index (κ3) is 2.48. The minimum Gasteiger partial charge on any atom is -0.479 e. The third-order valence-electron chi connectivity index (χ3n) is 2.69. The molecule has 0 amide bonds. The molecule has 1 heterocycles. The number of hydrogen-bond acceptors (Lipinski definition) is 4. The number of aromatic nitrogens is 4. The minimum absolute atomic E-state index is 0.304. The van der Waals surface area contributed by atoms with Crippen molar-refractivity contribution in [1.29, 1.82) is 0 Å². The third-order valence-corrected chi connectivity index (χ3v) is 3.51. The fraction of sp³-hybridized carbons (Fsp3) is 0.273. The van der Waals surface area contributed by atoms with E-state index in [1.54, 1.807) is 18.2 Å². The zero-order valence-electron chi connectivity index (χ0n) is 10.1. The Hall–Kier alpha value is -1.47. The highest BCUT2D eigenvalue weighted by Crippen LogP contribution is 2.31. The summed E-state index contributed by atoms with van der Waals surface area (Å²) in [6, 6.07) is 5.21. The summed E-state index contributed by atoms with van der Waals surface area (Å²) < 4.78 is 2.04. The smallest absolute Gasteiger partial charge is 0.331 e. The van der Waals surface area contributed by atoms with Crippen LogP contribution in [0.5, 0.6) is 0 Å². The Morgan fingerprint density at radius 3 is 2.79 bits per heavy atom. The topological polar surface area (TPSA) is 80.9 Å². The van der Waals surface area contributed by atoms with E-state index in [-0.39, 0.29) is 0 Å². The predicted molar refractivity (Wildman–Crippen MR) is 72.9 cm³/mol. The predicted octanol–water partition coefficient (Wildman–Crippen LogP) is 2.58. The lowest BCUT2D eigenvalue weighted by atomic mass is 10.1. The largest absolute Gasteiger partial charge is 0.479 e. The molecular weight excluding hydrogens is 336 g/mol. The second-order valence-electron chi connectivity index (χ2n) is 4.40. The average Bonchev–Trinajstić information content (AvgIpc) is 2.81. The standard InChI is InChI=1S/C11H10BrClN4O2/c1-11(2,10(18)19)17-9(14-15-16-17)7-5-6(12)3-4-8(7)13/h3-5H,1-2H3,(H,18,19). The lowest BCUT2D eigenvalue weighted by Gasteiger charge is -2.20. The van der Waals surface area contributed by atoms with Gasteiger partial charge in [0.25, 0.3) is 0 Å². The molecule has 0 saturated carbocycles. The van der Waals surface area contributed by atoms with E-state index in [1.165, 1.54) is 18.5 Å². The zero-order chi connectivity index (χ0) is 14.2. The first-order valence-corrected chi connectivity index (χ1v) is 6.49. The highest BCUT2D eigenvalue weighted by Gasteiger charge is 2.34. The van der Waals surface area contributed by atoms with Crippen LogP contribution in [0.15, 0.2) is 22.7 Å². The Morgan fingerprint density at radius 2 is 2.16 bits per heavy atom. The fourth-order valence-electron chi connectivity index (χ4n) is 1.49. The number of carboxylic acids is 1. The fourth-order valence-corrected chi connectivity index (χ4v) is 2.05. The van der Waals surface area contributed by atoms with E-state index in [4.69, 9.17) is 11.6 Å². The minimum atomic E-state index is -1.27. The molecule has 2 rings (SSSR count). The Balaban J connectivity index is 2.63. The highest BCUT2D eigenvalue weighted by atomic mass is 79.9. The molecule has 0 aliphatic carbocycles. The van der Waals surface area contributed by atoms with Crippen molar-refractivity contribution in [3.63, 3.8) is 0 Å². The van der Waals surface area contributed by atoms with Gasteiger partial charge in [0.2, 0.25) is 0 Å². The van der Waals surface area contributed by atoms with Crippen molar-refractivity contribution < 1.29 is 9.90 Å². The molecule has 100 valence electrons. The van der Waals surface area contributed by atoms with Crippen molar-refractivity contribution in [2.45, 2.75) is 19.4 Å². The lowest BCUT2D eigenvalue weighted by Crippen LogP contribution is -2.37. The molecule has 0 spiro atoms. The number of benzene rings is 1. The van der Waals surface area contributed by atoms with E-state index in [1.807, 2.05) is 0 Å². The molecule has 1 aromatic heterocycles. The molecule has 0 aliphatic heterocycles. The van der Waals surface area contributed by atoms with Gasteiger partial charge >= 0.3 is 5.97 Å². The molecule has 6 nitrogen and oxygen atoms in total. The molecule has 2 aromatic rings. The maximum absolute atomic E-state index is 11.3. The Morgan fingerprint density at radius 1 is 1.47 bits per heavy atom. The number of hydrogen-bond donors (Lipinski definition) is 1. The van der Waals surface area contributed by atoms with Crippen LogP contribution in [-0.4, -0.2) is 31.3 Å². The summed E-state index contributed by atoms with van der Waals surface area (Å²) in [4.78, 5) is 11.3. The molecule has 0 saturated heterocycles. The summed E-state index contributed by atoms with van der Waals surface area (Å²) in [6.07, 6.45) is 0. The van der Waals surface area contributed by atoms with Gasteiger partial charge in [0.05, 0.1) is 5.02 Å². The van der Waals surface area contributed by atoms with Crippen LogP contribution in [0.4, 0.5) is 0 Å². The van der Waals surface area contributed by atoms with Crippen LogP contribution in [0.1, 0.15) is 13.8 Å². The van der Waals surface area contributed by atoms with Crippen LogP contribution in [-0.2, 0) is 10.3 Å². The Bertz CT molecular complexity index is 641. The van der Waals surface area contributed by atoms with Crippen LogP contribution in [0.2, 0.25) is 5.02 Å². The van der Waals surface area contributed by atoms with Gasteiger partial charge in [0, 0.05) is 10.0 Å². The van der Waals surface area contributed by atoms with Crippen LogP contribution in [0.3, 0.4) is 0 Å². The SMILES string of the molecule is CC(C)(C(=O)O)n1nnnc1-c1cc(Br)ccc1Cl. The van der Waals surface area contributed by atoms with Gasteiger partial charge in [-0.1, -0.05) is 27.5 Å². The molecule has 0 aliphatic rings. The van der Waals surface area contributed by atoms with Gasteiger partial charge in [0.15, 0.2) is 11.4 Å². The van der Waals surface area contributed by atoms with Crippen molar-refractivity contribution in [2.24, 2.45) is 0 Å². The molecule has 0 bridgehead atoms. The van der Waals surface area contributed by atoms with E-state index >= 15 is 0 Å². The van der Waals surface area contributed by atoms with Gasteiger partial charge < -0.3 is 5.11 Å². The molecule has 1 N–H and O–H groups in total. The second kappa shape index (κ2) is 4.90. The normalized spacial score (nSPS) is 11.6. The zero-order valence-corrected chi connectivity index (χ0v) is 12.5. The molecule has 1 aromatic carbocycles. The quantitative estimate of drug-likeness (QED) is 0.924. The van der Waals surface area contributed by atoms with Crippen molar-refractivity contribution in [1.82, 2.24) is 20.2 Å². The summed E-state index contributed by atoms with van der Waals surface area (Å²) in [5, 5.41) is 20.9. The Kier molecular flexibility index (Phi) is 3.60. The van der Waals surface area contributed by atoms with Crippen LogP contribution >= 0.6 is 27.5 Å². The number of aliphatic carboxylic acids is 1. The molecule has 0 radical (unpaired) electrons. The molecule has 19 heavy (non-hydrogen) atoms. The average molecular weight is 346 g/mol. The van der Waals surface area contributed by atoms with E-state index in [9.17, 15) is 9.90 Å². The summed E-state index contributed by atoms with van der Waals surface area (Å²) in [6.45, 7) is 3.03. The number of carbonyl (C=O) groups is 1. The maximum atomic E-state index is 11.3. The summed E-state index contributed by atoms with van der Waals surface area (Å²) in [7, 11) is 0. The molecule has 0 atom stereocenters. The maximum Gasteiger partial charge on any atom is 0.331 e. The second-order valence-corrected chi connectivity index (χ2v) is 5.73. The van der Waals surface area contributed by atoms with Gasteiger partial charge in [-0.05, 0) is 42.5 Å². The summed E-state index contributed by atoms with van der Waals surface area (Å²) >= 11 is 9.45. The summed E-state index contributed by atoms with van der Waals surface area (Å²) in [5.74, 6) is -0.731. The first kappa shape index (κ1) is 14.0. The van der Waals surface area contributed by atoms with Crippen molar-refractivity contribution in [3.05, 3.63) is 27.7 Å². The van der Waals surface area contributed by atoms with E-state index < -0.39 is 11.5 Å². The van der Waals surface area contributed by atoms with Crippen LogP contribution in [0, 0.1) is 0 Å². The number of tetrazole rings is 1. The van der Waals surface area contributed by atoms with Gasteiger partial charge in [-0.3, -0.25) is 0 Å². The molecule has 8 heteroatoms. The lowest BCUT2D eigenvalue weighted by molar-refractivity contribution is -0.146. The van der Waals surface area contributed by atoms with Crippen molar-refractivity contribution >= 4 is 33.5 Å². The highest BCUT2D eigenvalue weighted by molar-refractivity contribution is 9.10. The number of nitrogens with zero attached hydrogens (tertiary/aromatic N) is 4. The number of halogens is 2. The van der Waals surface area contributed by atoms with Crippen LogP contribution < -0.4 is 0 Å². The van der Waals surface area contributed by atoms with Crippen LogP contribution in [0.25, 0.3) is 11.4 Å². The first-order chi connectivity index (χ1) is 8.84. The van der Waals surface area contributed by atoms with Crippen molar-refractivity contribution in [2.75, 3.05) is 0 Å². The molecule has 0 unspecified atom stereocenters. The van der Waals surface area contributed by atoms with E-state index in [2.05, 4.69) is 31.5 Å². The summed E-state index contributed by atoms with van der Waals surface area (Å²) in [5.41, 5.74) is -0.708. The van der Waals surface area contributed by atoms with Gasteiger partial charge in [-0.2, -0.15) is 0 Å². The monoisotopic (exact) mass is 344 g/mol. The Labute approximate surface area is 122 Å². The van der Waals surface area contributed by atoms with Gasteiger partial charge in [0.1, 0.15) is 0 Å².